The quantitative estimate of drug-likeness (QED) is 0.745. The Bertz CT molecular complexity index is 676. The second-order valence-electron chi connectivity index (χ2n) is 4.66. The smallest absolute Gasteiger partial charge is 0.251 e. The Morgan fingerprint density at radius 1 is 1.42 bits per heavy atom. The van der Waals surface area contributed by atoms with Gasteiger partial charge in [0.2, 0.25) is 5.91 Å². The van der Waals surface area contributed by atoms with E-state index in [2.05, 4.69) is 10.3 Å². The molecule has 5 heteroatoms. The van der Waals surface area contributed by atoms with Crippen LogP contribution in [0.5, 0.6) is 0 Å². The second-order valence-corrected chi connectivity index (χ2v) is 4.66. The summed E-state index contributed by atoms with van der Waals surface area (Å²) in [5.74, 6) is -0.466. The molecule has 1 atom stereocenters. The Labute approximate surface area is 110 Å². The van der Waals surface area contributed by atoms with Crippen molar-refractivity contribution >= 4 is 16.8 Å². The molecule has 5 nitrogen and oxygen atoms in total. The lowest BCUT2D eigenvalue weighted by Gasteiger charge is -2.12. The number of carbonyl (C=O) groups is 1. The van der Waals surface area contributed by atoms with E-state index in [1.54, 1.807) is 7.05 Å². The van der Waals surface area contributed by atoms with E-state index in [4.69, 9.17) is 5.73 Å². The van der Waals surface area contributed by atoms with Gasteiger partial charge in [0.1, 0.15) is 0 Å². The molecule has 100 valence electrons. The highest BCUT2D eigenvalue weighted by Gasteiger charge is 2.15. The molecule has 0 saturated heterocycles. The molecule has 4 N–H and O–H groups in total. The van der Waals surface area contributed by atoms with Crippen LogP contribution in [-0.2, 0) is 11.2 Å². The van der Waals surface area contributed by atoms with Crippen LogP contribution in [0.1, 0.15) is 11.1 Å². The van der Waals surface area contributed by atoms with E-state index < -0.39 is 11.9 Å². The molecule has 1 heterocycles. The summed E-state index contributed by atoms with van der Waals surface area (Å²) < 4.78 is 0. The van der Waals surface area contributed by atoms with Crippen molar-refractivity contribution in [3.8, 4) is 0 Å². The fourth-order valence-corrected chi connectivity index (χ4v) is 2.09. The summed E-state index contributed by atoms with van der Waals surface area (Å²) in [5.41, 5.74) is 7.55. The first-order valence-electron chi connectivity index (χ1n) is 6.10. The van der Waals surface area contributed by atoms with Crippen LogP contribution in [0.4, 0.5) is 0 Å². The van der Waals surface area contributed by atoms with Gasteiger partial charge in [-0.3, -0.25) is 9.59 Å². The molecule has 2 rings (SSSR count). The number of rotatable bonds is 4. The molecule has 1 amide bonds. The number of nitrogens with two attached hydrogens (primary N) is 1. The molecular formula is C14H17N3O2. The molecule has 0 aliphatic rings. The van der Waals surface area contributed by atoms with Crippen LogP contribution in [0.15, 0.2) is 29.1 Å². The first-order valence-corrected chi connectivity index (χ1v) is 6.10. The van der Waals surface area contributed by atoms with Gasteiger partial charge in [-0.05, 0) is 37.6 Å². The van der Waals surface area contributed by atoms with Crippen LogP contribution in [0, 0.1) is 6.92 Å². The predicted molar refractivity (Wildman–Crippen MR) is 75.1 cm³/mol. The number of aryl methyl sites for hydroxylation is 1. The van der Waals surface area contributed by atoms with Crippen LogP contribution in [0.25, 0.3) is 10.9 Å². The normalized spacial score (nSPS) is 12.5. The molecule has 1 aromatic heterocycles. The average Bonchev–Trinajstić information content (AvgIpc) is 2.36. The number of pyridine rings is 1. The molecule has 0 bridgehead atoms. The number of amides is 1. The summed E-state index contributed by atoms with van der Waals surface area (Å²) >= 11 is 0. The maximum atomic E-state index is 12.0. The Balaban J connectivity index is 2.46. The number of fused-ring (bicyclic) bond motifs is 1. The van der Waals surface area contributed by atoms with Gasteiger partial charge in [0.25, 0.3) is 5.56 Å². The summed E-state index contributed by atoms with van der Waals surface area (Å²) in [5, 5.41) is 3.76. The average molecular weight is 259 g/mol. The third-order valence-electron chi connectivity index (χ3n) is 3.19. The van der Waals surface area contributed by atoms with Gasteiger partial charge in [-0.15, -0.1) is 0 Å². The number of likely N-dealkylation sites (N-methyl/N-ethyl adjacent to an activating group) is 1. The zero-order valence-electron chi connectivity index (χ0n) is 11.0. The standard InChI is InChI=1S/C14H17N3O2/c1-8-3-4-11-9(5-8)6-10(14(19)17-11)7-12(16-2)13(15)18/h3-6,12,16H,7H2,1-2H3,(H2,15,18)(H,17,19)/t12-/m0/s1. The van der Waals surface area contributed by atoms with E-state index in [-0.39, 0.29) is 12.0 Å². The Hall–Kier alpha value is -2.14. The highest BCUT2D eigenvalue weighted by Crippen LogP contribution is 2.13. The van der Waals surface area contributed by atoms with Gasteiger partial charge >= 0.3 is 0 Å². The molecule has 0 saturated carbocycles. The molecule has 0 fully saturated rings. The van der Waals surface area contributed by atoms with Crippen molar-refractivity contribution in [1.29, 1.82) is 0 Å². The third-order valence-corrected chi connectivity index (χ3v) is 3.19. The van der Waals surface area contributed by atoms with Crippen LogP contribution in [0.2, 0.25) is 0 Å². The van der Waals surface area contributed by atoms with E-state index in [9.17, 15) is 9.59 Å². The molecular weight excluding hydrogens is 242 g/mol. The van der Waals surface area contributed by atoms with Crippen molar-refractivity contribution < 1.29 is 4.79 Å². The maximum Gasteiger partial charge on any atom is 0.251 e. The number of hydrogen-bond acceptors (Lipinski definition) is 3. The molecule has 19 heavy (non-hydrogen) atoms. The Morgan fingerprint density at radius 2 is 2.16 bits per heavy atom. The lowest BCUT2D eigenvalue weighted by Crippen LogP contribution is -2.41. The number of benzene rings is 1. The predicted octanol–water partition coefficient (Wildman–Crippen LogP) is 0.452. The van der Waals surface area contributed by atoms with Gasteiger partial charge < -0.3 is 16.0 Å². The Kier molecular flexibility index (Phi) is 3.66. The fourth-order valence-electron chi connectivity index (χ4n) is 2.09. The van der Waals surface area contributed by atoms with Crippen molar-refractivity contribution in [3.63, 3.8) is 0 Å². The van der Waals surface area contributed by atoms with Gasteiger partial charge in [-0.1, -0.05) is 11.6 Å². The SMILES string of the molecule is CN[C@@H](Cc1cc2cc(C)ccc2[nH]c1=O)C(N)=O. The topological polar surface area (TPSA) is 88.0 Å². The summed E-state index contributed by atoms with van der Waals surface area (Å²) in [6.07, 6.45) is 0.283. The maximum absolute atomic E-state index is 12.0. The van der Waals surface area contributed by atoms with Crippen molar-refractivity contribution in [2.45, 2.75) is 19.4 Å². The molecule has 0 radical (unpaired) electrons. The summed E-state index contributed by atoms with van der Waals surface area (Å²) in [6, 6.07) is 7.09. The first-order chi connectivity index (χ1) is 9.01. The minimum absolute atomic E-state index is 0.183. The summed E-state index contributed by atoms with van der Waals surface area (Å²) in [6.45, 7) is 1.99. The minimum Gasteiger partial charge on any atom is -0.368 e. The zero-order chi connectivity index (χ0) is 14.0. The van der Waals surface area contributed by atoms with Crippen LogP contribution in [0.3, 0.4) is 0 Å². The van der Waals surface area contributed by atoms with Crippen molar-refractivity contribution in [2.24, 2.45) is 5.73 Å². The van der Waals surface area contributed by atoms with Crippen molar-refractivity contribution in [2.75, 3.05) is 7.05 Å². The fraction of sp³-hybridized carbons (Fsp3) is 0.286. The number of aromatic amines is 1. The lowest BCUT2D eigenvalue weighted by atomic mass is 10.0. The van der Waals surface area contributed by atoms with E-state index in [0.717, 1.165) is 16.5 Å². The molecule has 0 aliphatic carbocycles. The minimum atomic E-state index is -0.539. The Morgan fingerprint density at radius 3 is 2.79 bits per heavy atom. The summed E-state index contributed by atoms with van der Waals surface area (Å²) in [7, 11) is 1.65. The van der Waals surface area contributed by atoms with Gasteiger partial charge in [0.05, 0.1) is 6.04 Å². The second kappa shape index (κ2) is 5.24. The number of primary amides is 1. The lowest BCUT2D eigenvalue weighted by molar-refractivity contribution is -0.119. The molecule has 0 aliphatic heterocycles. The number of hydrogen-bond donors (Lipinski definition) is 3. The number of aromatic nitrogens is 1. The molecule has 0 spiro atoms. The van der Waals surface area contributed by atoms with Gasteiger partial charge in [-0.25, -0.2) is 0 Å². The number of carbonyl (C=O) groups excluding carboxylic acids is 1. The van der Waals surface area contributed by atoms with Crippen LogP contribution < -0.4 is 16.6 Å². The van der Waals surface area contributed by atoms with Gasteiger partial charge in [-0.2, -0.15) is 0 Å². The van der Waals surface area contributed by atoms with Crippen LogP contribution >= 0.6 is 0 Å². The van der Waals surface area contributed by atoms with Gasteiger partial charge in [0.15, 0.2) is 0 Å². The van der Waals surface area contributed by atoms with Crippen molar-refractivity contribution in [1.82, 2.24) is 10.3 Å². The molecule has 0 unspecified atom stereocenters. The number of nitrogens with one attached hydrogen (secondary N) is 2. The van der Waals surface area contributed by atoms with E-state index in [1.165, 1.54) is 0 Å². The van der Waals surface area contributed by atoms with Gasteiger partial charge in [0, 0.05) is 17.5 Å². The molecule has 2 aromatic rings. The first kappa shape index (κ1) is 13.3. The molecule has 1 aromatic carbocycles. The largest absolute Gasteiger partial charge is 0.368 e. The zero-order valence-corrected chi connectivity index (χ0v) is 11.0. The highest BCUT2D eigenvalue weighted by atomic mass is 16.1. The van der Waals surface area contributed by atoms with Crippen LogP contribution in [-0.4, -0.2) is 24.0 Å². The summed E-state index contributed by atoms with van der Waals surface area (Å²) in [4.78, 5) is 26.0. The van der Waals surface area contributed by atoms with E-state index in [0.29, 0.717) is 5.56 Å². The number of H-pyrrole nitrogens is 1. The third kappa shape index (κ3) is 2.82. The van der Waals surface area contributed by atoms with E-state index in [1.807, 2.05) is 31.2 Å². The van der Waals surface area contributed by atoms with Crippen molar-refractivity contribution in [3.05, 3.63) is 45.7 Å². The van der Waals surface area contributed by atoms with E-state index >= 15 is 0 Å². The highest BCUT2D eigenvalue weighted by molar-refractivity contribution is 5.81. The monoisotopic (exact) mass is 259 g/mol.